The topological polar surface area (TPSA) is 57.5 Å². The van der Waals surface area contributed by atoms with Crippen LogP contribution in [0.5, 0.6) is 0 Å². The third kappa shape index (κ3) is 37.3. The van der Waals surface area contributed by atoms with Crippen molar-refractivity contribution in [3.8, 4) is 0 Å². The van der Waals surface area contributed by atoms with Gasteiger partial charge in [0, 0.05) is 0 Å². The van der Waals surface area contributed by atoms with E-state index >= 15 is 0 Å². The number of aliphatic carboxylic acids is 1. The molecule has 8 heavy (non-hydrogen) atoms. The number of aliphatic hydroxyl groups excluding tert-OH is 1. The molecule has 0 unspecified atom stereocenters. The normalized spacial score (nSPS) is 6.88. The maximum Gasteiger partial charge on any atom is 0.329 e. The Kier molecular flexibility index (Phi) is 13.7. The van der Waals surface area contributed by atoms with Crippen LogP contribution in [0.25, 0.3) is 0 Å². The highest BCUT2D eigenvalue weighted by atomic mass is 35.5. The van der Waals surface area contributed by atoms with Crippen molar-refractivity contribution in [2.45, 2.75) is 0 Å². The zero-order chi connectivity index (χ0) is 6.99. The largest absolute Gasteiger partial charge is 0.480 e. The molecule has 0 saturated carbocycles. The summed E-state index contributed by atoms with van der Waals surface area (Å²) in [7, 11) is 0. The Bertz CT molecular complexity index is 56.5. The van der Waals surface area contributed by atoms with E-state index in [0.29, 0.717) is 0 Å². The fourth-order valence-corrected chi connectivity index (χ4v) is 0. The van der Waals surface area contributed by atoms with Crippen LogP contribution in [0.2, 0.25) is 0 Å². The smallest absolute Gasteiger partial charge is 0.329 e. The Morgan fingerprint density at radius 2 is 1.62 bits per heavy atom. The average molecular weight is 161 g/mol. The lowest BCUT2D eigenvalue weighted by Crippen LogP contribution is -1.98. The van der Waals surface area contributed by atoms with Crippen molar-refractivity contribution in [1.82, 2.24) is 0 Å². The molecule has 0 atom stereocenters. The van der Waals surface area contributed by atoms with Crippen LogP contribution in [-0.2, 0) is 4.79 Å². The first-order valence-electron chi connectivity index (χ1n) is 1.63. The first kappa shape index (κ1) is 10.9. The van der Waals surface area contributed by atoms with Gasteiger partial charge in [-0.15, -0.1) is 23.2 Å². The molecule has 0 aliphatic carbocycles. The van der Waals surface area contributed by atoms with E-state index in [0.717, 1.165) is 0 Å². The van der Waals surface area contributed by atoms with E-state index in [1.54, 1.807) is 0 Å². The quantitative estimate of drug-likeness (QED) is 0.550. The number of carboxylic acid groups (broad SMARTS) is 1. The van der Waals surface area contributed by atoms with Crippen LogP contribution in [0, 0.1) is 0 Å². The predicted octanol–water partition coefficient (Wildman–Crippen LogP) is 0.485. The molecule has 0 aliphatic heterocycles. The number of hydrogen-bond donors (Lipinski definition) is 2. The lowest BCUT2D eigenvalue weighted by Gasteiger charge is -1.72. The molecule has 3 nitrogen and oxygen atoms in total. The summed E-state index contributed by atoms with van der Waals surface area (Å²) in [5, 5.41) is 15.2. The van der Waals surface area contributed by atoms with Crippen LogP contribution in [0.4, 0.5) is 0 Å². The second-order valence-corrected chi connectivity index (χ2v) is 1.46. The van der Waals surface area contributed by atoms with Crippen LogP contribution in [0.1, 0.15) is 0 Å². The fraction of sp³-hybridized carbons (Fsp3) is 0.667. The maximum absolute atomic E-state index is 9.12. The van der Waals surface area contributed by atoms with Crippen molar-refractivity contribution < 1.29 is 15.0 Å². The summed E-state index contributed by atoms with van der Waals surface area (Å²) in [6.07, 6.45) is 0. The molecule has 0 aromatic carbocycles. The predicted molar refractivity (Wildman–Crippen MR) is 31.3 cm³/mol. The number of carbonyl (C=O) groups is 1. The van der Waals surface area contributed by atoms with Gasteiger partial charge in [-0.3, -0.25) is 0 Å². The van der Waals surface area contributed by atoms with E-state index in [4.69, 9.17) is 38.2 Å². The molecule has 0 amide bonds. The number of alkyl halides is 2. The van der Waals surface area contributed by atoms with Crippen molar-refractivity contribution in [3.63, 3.8) is 0 Å². The molecule has 0 rings (SSSR count). The lowest BCUT2D eigenvalue weighted by atomic mass is 10.8. The zero-order valence-corrected chi connectivity index (χ0v) is 5.48. The number of halogens is 2. The second-order valence-electron chi connectivity index (χ2n) is 0.653. The first-order valence-corrected chi connectivity index (χ1v) is 2.70. The monoisotopic (exact) mass is 160 g/mol. The molecule has 2 N–H and O–H groups in total. The molecule has 5 heteroatoms. The molecular formula is C3H6Cl2O3. The van der Waals surface area contributed by atoms with Gasteiger partial charge >= 0.3 is 5.97 Å². The zero-order valence-electron chi connectivity index (χ0n) is 3.97. The number of rotatable bonds is 1. The summed E-state index contributed by atoms with van der Waals surface area (Å²) in [5.74, 6) is -1.19. The summed E-state index contributed by atoms with van der Waals surface area (Å²) < 4.78 is 0. The lowest BCUT2D eigenvalue weighted by molar-refractivity contribution is -0.140. The van der Waals surface area contributed by atoms with Gasteiger partial charge < -0.3 is 10.2 Å². The molecule has 0 aromatic rings. The summed E-state index contributed by atoms with van der Waals surface area (Å²) in [6.45, 7) is -0.778. The highest BCUT2D eigenvalue weighted by Crippen LogP contribution is 1.73. The number of carboxylic acids is 1. The van der Waals surface area contributed by atoms with E-state index in [1.807, 2.05) is 0 Å². The van der Waals surface area contributed by atoms with Crippen molar-refractivity contribution in [1.29, 1.82) is 0 Å². The highest BCUT2D eigenvalue weighted by molar-refractivity contribution is 6.40. The molecule has 0 spiro atoms. The van der Waals surface area contributed by atoms with Gasteiger partial charge in [-0.05, 0) is 0 Å². The van der Waals surface area contributed by atoms with Crippen molar-refractivity contribution in [2.75, 3.05) is 11.9 Å². The van der Waals surface area contributed by atoms with E-state index < -0.39 is 12.6 Å². The number of hydrogen-bond acceptors (Lipinski definition) is 2. The third-order valence-corrected chi connectivity index (χ3v) is 0.135. The van der Waals surface area contributed by atoms with Gasteiger partial charge in [-0.25, -0.2) is 4.79 Å². The van der Waals surface area contributed by atoms with Crippen LogP contribution in [-0.4, -0.2) is 28.1 Å². The maximum atomic E-state index is 9.12. The van der Waals surface area contributed by atoms with E-state index in [9.17, 15) is 0 Å². The number of aliphatic hydroxyl groups is 1. The van der Waals surface area contributed by atoms with Gasteiger partial charge in [0.1, 0.15) is 6.61 Å². The average Bonchev–Trinajstić information content (AvgIpc) is 1.69. The van der Waals surface area contributed by atoms with Gasteiger partial charge in [-0.1, -0.05) is 0 Å². The van der Waals surface area contributed by atoms with Crippen LogP contribution >= 0.6 is 23.2 Å². The van der Waals surface area contributed by atoms with Gasteiger partial charge in [0.15, 0.2) is 0 Å². The van der Waals surface area contributed by atoms with E-state index in [2.05, 4.69) is 0 Å². The standard InChI is InChI=1S/C2H4O3.CH2Cl2/c3-1-2(4)5;2-1-3/h3H,1H2,(H,4,5);1H2. The van der Waals surface area contributed by atoms with Gasteiger partial charge in [0.2, 0.25) is 0 Å². The first-order chi connectivity index (χ1) is 3.68. The summed E-state index contributed by atoms with van der Waals surface area (Å²) in [6, 6.07) is 0. The van der Waals surface area contributed by atoms with Crippen molar-refractivity contribution in [3.05, 3.63) is 0 Å². The van der Waals surface area contributed by atoms with Crippen molar-refractivity contribution in [2.24, 2.45) is 0 Å². The summed E-state index contributed by atoms with van der Waals surface area (Å²) in [4.78, 5) is 9.12. The molecule has 0 saturated heterocycles. The Balaban J connectivity index is 0. The van der Waals surface area contributed by atoms with E-state index in [-0.39, 0.29) is 5.34 Å². The molecule has 0 heterocycles. The molecule has 50 valence electrons. The SMILES string of the molecule is ClCCl.O=C(O)CO. The molecular weight excluding hydrogens is 155 g/mol. The van der Waals surface area contributed by atoms with Crippen molar-refractivity contribution >= 4 is 29.2 Å². The molecule has 0 aliphatic rings. The minimum atomic E-state index is -1.19. The molecule has 0 bridgehead atoms. The van der Waals surface area contributed by atoms with E-state index in [1.165, 1.54) is 0 Å². The summed E-state index contributed by atoms with van der Waals surface area (Å²) in [5.41, 5.74) is 0. The van der Waals surface area contributed by atoms with Crippen LogP contribution in [0.3, 0.4) is 0 Å². The minimum Gasteiger partial charge on any atom is -0.480 e. The van der Waals surface area contributed by atoms with Gasteiger partial charge in [-0.2, -0.15) is 0 Å². The van der Waals surface area contributed by atoms with Gasteiger partial charge in [0.05, 0.1) is 5.34 Å². The molecule has 0 aromatic heterocycles. The van der Waals surface area contributed by atoms with Crippen LogP contribution < -0.4 is 0 Å². The summed E-state index contributed by atoms with van der Waals surface area (Å²) >= 11 is 9.53. The third-order valence-electron chi connectivity index (χ3n) is 0.135. The minimum absolute atomic E-state index is 0.194. The Hall–Kier alpha value is 0.01000. The highest BCUT2D eigenvalue weighted by Gasteiger charge is 1.82. The molecule has 0 radical (unpaired) electrons. The fourth-order valence-electron chi connectivity index (χ4n) is 0. The Morgan fingerprint density at radius 1 is 1.50 bits per heavy atom. The molecule has 0 fully saturated rings. The Morgan fingerprint density at radius 3 is 1.62 bits per heavy atom. The van der Waals surface area contributed by atoms with Gasteiger partial charge in [0.25, 0.3) is 0 Å². The van der Waals surface area contributed by atoms with Crippen LogP contribution in [0.15, 0.2) is 0 Å². The Labute approximate surface area is 56.8 Å². The second kappa shape index (κ2) is 10.1.